The molecule has 0 amide bonds. The Morgan fingerprint density at radius 3 is 2.73 bits per heavy atom. The fourth-order valence-electron chi connectivity index (χ4n) is 2.99. The lowest BCUT2D eigenvalue weighted by Crippen LogP contribution is -2.07. The third-order valence-electron chi connectivity index (χ3n) is 4.06. The second-order valence-electron chi connectivity index (χ2n) is 6.33. The van der Waals surface area contributed by atoms with Gasteiger partial charge in [-0.2, -0.15) is 10.4 Å². The summed E-state index contributed by atoms with van der Waals surface area (Å²) in [5.74, 6) is 1.73. The highest BCUT2D eigenvalue weighted by Crippen LogP contribution is 2.29. The van der Waals surface area contributed by atoms with Gasteiger partial charge >= 0.3 is 0 Å². The molecule has 1 aromatic heterocycles. The molecular formula is C18H22N4. The lowest BCUT2D eigenvalue weighted by molar-refractivity contribution is 0.622. The number of benzene rings is 1. The molecule has 0 spiro atoms. The predicted molar refractivity (Wildman–Crippen MR) is 88.2 cm³/mol. The first-order chi connectivity index (χ1) is 10.7. The highest BCUT2D eigenvalue weighted by atomic mass is 15.3. The number of fused-ring (bicyclic) bond motifs is 1. The van der Waals surface area contributed by atoms with Gasteiger partial charge in [-0.1, -0.05) is 13.8 Å². The molecule has 114 valence electrons. The van der Waals surface area contributed by atoms with Gasteiger partial charge in [-0.3, -0.25) is 0 Å². The van der Waals surface area contributed by atoms with Crippen molar-refractivity contribution in [3.8, 4) is 11.8 Å². The molecule has 1 N–H and O–H groups in total. The van der Waals surface area contributed by atoms with Crippen molar-refractivity contribution in [3.63, 3.8) is 0 Å². The van der Waals surface area contributed by atoms with Crippen LogP contribution in [0.25, 0.3) is 5.69 Å². The Bertz CT molecular complexity index is 689. The molecule has 2 aromatic rings. The van der Waals surface area contributed by atoms with E-state index in [0.29, 0.717) is 11.5 Å². The normalized spacial score (nSPS) is 14.1. The van der Waals surface area contributed by atoms with Crippen LogP contribution < -0.4 is 5.32 Å². The third kappa shape index (κ3) is 2.85. The summed E-state index contributed by atoms with van der Waals surface area (Å²) >= 11 is 0. The van der Waals surface area contributed by atoms with Crippen LogP contribution in [-0.2, 0) is 12.8 Å². The quantitative estimate of drug-likeness (QED) is 0.939. The van der Waals surface area contributed by atoms with Gasteiger partial charge in [-0.25, -0.2) is 4.68 Å². The molecular weight excluding hydrogens is 272 g/mol. The number of nitrogens with one attached hydrogen (secondary N) is 1. The van der Waals surface area contributed by atoms with Gasteiger partial charge in [0.05, 0.1) is 23.0 Å². The molecule has 3 rings (SSSR count). The molecule has 4 heteroatoms. The summed E-state index contributed by atoms with van der Waals surface area (Å²) in [6.07, 6.45) is 4.52. The van der Waals surface area contributed by atoms with E-state index in [0.717, 1.165) is 30.9 Å². The summed E-state index contributed by atoms with van der Waals surface area (Å²) in [4.78, 5) is 0. The van der Waals surface area contributed by atoms with Crippen molar-refractivity contribution >= 4 is 5.82 Å². The average molecular weight is 294 g/mol. The molecule has 4 nitrogen and oxygen atoms in total. The monoisotopic (exact) mass is 294 g/mol. The van der Waals surface area contributed by atoms with Gasteiger partial charge in [0, 0.05) is 12.1 Å². The third-order valence-corrected chi connectivity index (χ3v) is 4.06. The maximum absolute atomic E-state index is 8.95. The molecule has 0 bridgehead atoms. The van der Waals surface area contributed by atoms with E-state index in [1.807, 2.05) is 28.9 Å². The average Bonchev–Trinajstić information content (AvgIpc) is 2.71. The fraction of sp³-hybridized carbons (Fsp3) is 0.444. The van der Waals surface area contributed by atoms with Gasteiger partial charge in [0.15, 0.2) is 0 Å². The zero-order valence-electron chi connectivity index (χ0n) is 13.3. The van der Waals surface area contributed by atoms with E-state index in [1.54, 1.807) is 0 Å². The summed E-state index contributed by atoms with van der Waals surface area (Å²) in [6, 6.07) is 9.80. The van der Waals surface area contributed by atoms with Crippen LogP contribution in [0.5, 0.6) is 0 Å². The number of rotatable bonds is 3. The molecule has 1 aliphatic heterocycles. The van der Waals surface area contributed by atoms with Crippen molar-refractivity contribution in [2.75, 3.05) is 11.9 Å². The standard InChI is InChI=1S/C18H22N4/c1-13(2)11-17-16-5-3-4-10-20-18(16)22(21-17)15-8-6-14(12-19)7-9-15/h6-9,13,20H,3-5,10-11H2,1-2H3. The van der Waals surface area contributed by atoms with Crippen LogP contribution in [0.2, 0.25) is 0 Å². The lowest BCUT2D eigenvalue weighted by Gasteiger charge is -2.09. The Hall–Kier alpha value is -2.28. The highest BCUT2D eigenvalue weighted by molar-refractivity contribution is 5.55. The van der Waals surface area contributed by atoms with Gasteiger partial charge in [0.25, 0.3) is 0 Å². The summed E-state index contributed by atoms with van der Waals surface area (Å²) in [6.45, 7) is 5.46. The number of aromatic nitrogens is 2. The first kappa shape index (κ1) is 14.6. The lowest BCUT2D eigenvalue weighted by atomic mass is 10.0. The molecule has 0 fully saturated rings. The van der Waals surface area contributed by atoms with Crippen molar-refractivity contribution in [2.45, 2.75) is 39.5 Å². The highest BCUT2D eigenvalue weighted by Gasteiger charge is 2.20. The van der Waals surface area contributed by atoms with Crippen molar-refractivity contribution in [3.05, 3.63) is 41.1 Å². The van der Waals surface area contributed by atoms with Crippen molar-refractivity contribution in [1.29, 1.82) is 5.26 Å². The molecule has 0 saturated carbocycles. The molecule has 2 heterocycles. The minimum atomic E-state index is 0.594. The van der Waals surface area contributed by atoms with E-state index < -0.39 is 0 Å². The minimum absolute atomic E-state index is 0.594. The van der Waals surface area contributed by atoms with Gasteiger partial charge in [0.1, 0.15) is 5.82 Å². The van der Waals surface area contributed by atoms with Gasteiger partial charge in [-0.15, -0.1) is 0 Å². The molecule has 0 unspecified atom stereocenters. The fourth-order valence-corrected chi connectivity index (χ4v) is 2.99. The molecule has 0 atom stereocenters. The second kappa shape index (κ2) is 6.23. The number of nitriles is 1. The van der Waals surface area contributed by atoms with Crippen molar-refractivity contribution in [2.24, 2.45) is 5.92 Å². The maximum Gasteiger partial charge on any atom is 0.133 e. The Morgan fingerprint density at radius 2 is 2.05 bits per heavy atom. The molecule has 1 aliphatic rings. The molecule has 0 aliphatic carbocycles. The largest absolute Gasteiger partial charge is 0.370 e. The van der Waals surface area contributed by atoms with Gasteiger partial charge in [0.2, 0.25) is 0 Å². The summed E-state index contributed by atoms with van der Waals surface area (Å²) in [7, 11) is 0. The zero-order chi connectivity index (χ0) is 15.5. The second-order valence-corrected chi connectivity index (χ2v) is 6.33. The summed E-state index contributed by atoms with van der Waals surface area (Å²) in [5, 5.41) is 17.4. The van der Waals surface area contributed by atoms with Gasteiger partial charge in [-0.05, 0) is 55.9 Å². The molecule has 0 saturated heterocycles. The first-order valence-electron chi connectivity index (χ1n) is 8.04. The Kier molecular flexibility index (Phi) is 4.15. The van der Waals surface area contributed by atoms with Crippen LogP contribution in [0.15, 0.2) is 24.3 Å². The van der Waals surface area contributed by atoms with Crippen molar-refractivity contribution < 1.29 is 0 Å². The topological polar surface area (TPSA) is 53.6 Å². The van der Waals surface area contributed by atoms with E-state index in [2.05, 4.69) is 25.2 Å². The van der Waals surface area contributed by atoms with E-state index in [9.17, 15) is 0 Å². The molecule has 22 heavy (non-hydrogen) atoms. The SMILES string of the molecule is CC(C)Cc1nn(-c2ccc(C#N)cc2)c2c1CCCCN2. The predicted octanol–water partition coefficient (Wildman–Crippen LogP) is 3.69. The zero-order valence-corrected chi connectivity index (χ0v) is 13.3. The number of anilines is 1. The molecule has 1 aromatic carbocycles. The first-order valence-corrected chi connectivity index (χ1v) is 8.04. The van der Waals surface area contributed by atoms with E-state index >= 15 is 0 Å². The number of hydrogen-bond acceptors (Lipinski definition) is 3. The number of nitrogens with zero attached hydrogens (tertiary/aromatic N) is 3. The van der Waals surface area contributed by atoms with Crippen LogP contribution in [0.3, 0.4) is 0 Å². The van der Waals surface area contributed by atoms with E-state index in [1.165, 1.54) is 24.1 Å². The Morgan fingerprint density at radius 1 is 1.27 bits per heavy atom. The smallest absolute Gasteiger partial charge is 0.133 e. The van der Waals surface area contributed by atoms with Crippen LogP contribution in [0, 0.1) is 17.2 Å². The van der Waals surface area contributed by atoms with Crippen molar-refractivity contribution in [1.82, 2.24) is 9.78 Å². The van der Waals surface area contributed by atoms with Crippen LogP contribution >= 0.6 is 0 Å². The van der Waals surface area contributed by atoms with E-state index in [4.69, 9.17) is 10.4 Å². The van der Waals surface area contributed by atoms with Crippen LogP contribution in [0.4, 0.5) is 5.82 Å². The molecule has 0 radical (unpaired) electrons. The van der Waals surface area contributed by atoms with Gasteiger partial charge < -0.3 is 5.32 Å². The number of hydrogen-bond donors (Lipinski definition) is 1. The Labute approximate surface area is 131 Å². The Balaban J connectivity index is 2.06. The maximum atomic E-state index is 8.95. The summed E-state index contributed by atoms with van der Waals surface area (Å²) < 4.78 is 2.01. The van der Waals surface area contributed by atoms with Crippen LogP contribution in [-0.4, -0.2) is 16.3 Å². The van der Waals surface area contributed by atoms with E-state index in [-0.39, 0.29) is 0 Å². The summed E-state index contributed by atoms with van der Waals surface area (Å²) in [5.41, 5.74) is 4.27. The van der Waals surface area contributed by atoms with Crippen LogP contribution in [0.1, 0.15) is 43.5 Å². The minimum Gasteiger partial charge on any atom is -0.370 e.